The average Bonchev–Trinajstić information content (AvgIpc) is 2.22. The summed E-state index contributed by atoms with van der Waals surface area (Å²) in [5, 5.41) is 12.2. The first kappa shape index (κ1) is 12.8. The van der Waals surface area contributed by atoms with Crippen molar-refractivity contribution < 1.29 is 23.2 Å². The van der Waals surface area contributed by atoms with Gasteiger partial charge in [-0.3, -0.25) is 15.4 Å². The molecule has 1 rings (SSSR count). The maximum atomic E-state index is 13.2. The predicted molar refractivity (Wildman–Crippen MR) is 53.7 cm³/mol. The van der Waals surface area contributed by atoms with E-state index in [-0.39, 0.29) is 6.61 Å². The number of rotatable bonds is 3. The molecule has 0 heterocycles. The number of nitro benzene ring substituents is 1. The number of carbonyl (C=O) groups excluding carboxylic acids is 1. The molecular formula is C9H8F2N2O4. The molecule has 0 radical (unpaired) electrons. The maximum Gasteiger partial charge on any atom is 0.411 e. The van der Waals surface area contributed by atoms with Gasteiger partial charge in [-0.25, -0.2) is 9.18 Å². The third-order valence-electron chi connectivity index (χ3n) is 1.75. The summed E-state index contributed by atoms with van der Waals surface area (Å²) >= 11 is 0. The van der Waals surface area contributed by atoms with Crippen molar-refractivity contribution in [2.45, 2.75) is 6.92 Å². The number of nitrogens with zero attached hydrogens (tertiary/aromatic N) is 1. The molecule has 0 fully saturated rings. The van der Waals surface area contributed by atoms with Gasteiger partial charge < -0.3 is 4.74 Å². The van der Waals surface area contributed by atoms with E-state index in [9.17, 15) is 23.7 Å². The van der Waals surface area contributed by atoms with Gasteiger partial charge in [0.1, 0.15) is 0 Å². The molecule has 6 nitrogen and oxygen atoms in total. The molecule has 8 heteroatoms. The molecule has 0 unspecified atom stereocenters. The van der Waals surface area contributed by atoms with Gasteiger partial charge in [-0.15, -0.1) is 0 Å². The molecule has 1 N–H and O–H groups in total. The van der Waals surface area contributed by atoms with Crippen LogP contribution in [0.25, 0.3) is 0 Å². The van der Waals surface area contributed by atoms with Crippen LogP contribution in [0.4, 0.5) is 25.0 Å². The summed E-state index contributed by atoms with van der Waals surface area (Å²) in [5.74, 6) is -2.37. The zero-order valence-corrected chi connectivity index (χ0v) is 8.70. The molecule has 1 aromatic rings. The molecule has 0 aliphatic heterocycles. The SMILES string of the molecule is CCOC(=O)Nc1cc(F)c([N+](=O)[O-])cc1F. The van der Waals surface area contributed by atoms with Crippen molar-refractivity contribution in [3.63, 3.8) is 0 Å². The van der Waals surface area contributed by atoms with E-state index in [4.69, 9.17) is 0 Å². The second-order valence-corrected chi connectivity index (χ2v) is 2.89. The minimum absolute atomic E-state index is 0.0584. The molecular weight excluding hydrogens is 238 g/mol. The van der Waals surface area contributed by atoms with Gasteiger partial charge in [0.2, 0.25) is 5.82 Å². The first-order valence-electron chi connectivity index (χ1n) is 4.53. The molecule has 0 bridgehead atoms. The minimum atomic E-state index is -1.25. The molecule has 0 spiro atoms. The smallest absolute Gasteiger partial charge is 0.411 e. The van der Waals surface area contributed by atoms with Gasteiger partial charge in [0, 0.05) is 6.07 Å². The number of nitro groups is 1. The fourth-order valence-corrected chi connectivity index (χ4v) is 1.05. The third-order valence-corrected chi connectivity index (χ3v) is 1.75. The molecule has 0 saturated heterocycles. The highest BCUT2D eigenvalue weighted by atomic mass is 19.1. The van der Waals surface area contributed by atoms with Gasteiger partial charge in [-0.2, -0.15) is 4.39 Å². The zero-order chi connectivity index (χ0) is 13.0. The van der Waals surface area contributed by atoms with E-state index < -0.39 is 34.0 Å². The summed E-state index contributed by atoms with van der Waals surface area (Å²) in [5.41, 5.74) is -1.52. The van der Waals surface area contributed by atoms with Crippen molar-refractivity contribution in [3.05, 3.63) is 33.9 Å². The summed E-state index contributed by atoms with van der Waals surface area (Å²) in [6.07, 6.45) is -0.973. The quantitative estimate of drug-likeness (QED) is 0.656. The zero-order valence-electron chi connectivity index (χ0n) is 8.70. The van der Waals surface area contributed by atoms with Crippen molar-refractivity contribution >= 4 is 17.5 Å². The fourth-order valence-electron chi connectivity index (χ4n) is 1.05. The normalized spacial score (nSPS) is 9.82. The van der Waals surface area contributed by atoms with Crippen LogP contribution in [0.15, 0.2) is 12.1 Å². The molecule has 0 aliphatic carbocycles. The molecule has 92 valence electrons. The van der Waals surface area contributed by atoms with Gasteiger partial charge in [0.05, 0.1) is 23.3 Å². The summed E-state index contributed by atoms with van der Waals surface area (Å²) in [4.78, 5) is 20.2. The van der Waals surface area contributed by atoms with Crippen LogP contribution in [-0.4, -0.2) is 17.6 Å². The highest BCUT2D eigenvalue weighted by Crippen LogP contribution is 2.24. The molecule has 1 amide bonds. The van der Waals surface area contributed by atoms with Gasteiger partial charge in [-0.05, 0) is 6.92 Å². The van der Waals surface area contributed by atoms with E-state index in [1.54, 1.807) is 0 Å². The Morgan fingerprint density at radius 2 is 2.12 bits per heavy atom. The van der Waals surface area contributed by atoms with Crippen LogP contribution in [0.2, 0.25) is 0 Å². The van der Waals surface area contributed by atoms with Crippen LogP contribution in [-0.2, 0) is 4.74 Å². The highest BCUT2D eigenvalue weighted by Gasteiger charge is 2.19. The maximum absolute atomic E-state index is 13.2. The number of carbonyl (C=O) groups is 1. The van der Waals surface area contributed by atoms with Crippen molar-refractivity contribution in [3.8, 4) is 0 Å². The van der Waals surface area contributed by atoms with E-state index in [1.807, 2.05) is 5.32 Å². The standard InChI is InChI=1S/C9H8F2N2O4/c1-2-17-9(14)12-7-3-6(11)8(13(15)16)4-5(7)10/h3-4H,2H2,1H3,(H,12,14). The van der Waals surface area contributed by atoms with Crippen LogP contribution in [0.1, 0.15) is 6.92 Å². The topological polar surface area (TPSA) is 81.5 Å². The van der Waals surface area contributed by atoms with E-state index >= 15 is 0 Å². The third kappa shape index (κ3) is 3.10. The number of benzene rings is 1. The number of nitrogens with one attached hydrogen (secondary N) is 1. The fraction of sp³-hybridized carbons (Fsp3) is 0.222. The average molecular weight is 246 g/mol. The summed E-state index contributed by atoms with van der Waals surface area (Å²) in [6.45, 7) is 1.59. The largest absolute Gasteiger partial charge is 0.450 e. The number of anilines is 1. The van der Waals surface area contributed by atoms with Crippen LogP contribution in [0.3, 0.4) is 0 Å². The summed E-state index contributed by atoms with van der Waals surface area (Å²) < 4.78 is 30.8. The van der Waals surface area contributed by atoms with Gasteiger partial charge in [-0.1, -0.05) is 0 Å². The Bertz CT molecular complexity index is 465. The van der Waals surface area contributed by atoms with Crippen LogP contribution in [0.5, 0.6) is 0 Å². The second kappa shape index (κ2) is 5.19. The summed E-state index contributed by atoms with van der Waals surface area (Å²) in [6, 6.07) is 0.904. The lowest BCUT2D eigenvalue weighted by Crippen LogP contribution is -2.14. The van der Waals surface area contributed by atoms with E-state index in [0.717, 1.165) is 0 Å². The summed E-state index contributed by atoms with van der Waals surface area (Å²) in [7, 11) is 0. The van der Waals surface area contributed by atoms with Gasteiger partial charge in [0.25, 0.3) is 0 Å². The van der Waals surface area contributed by atoms with Crippen molar-refractivity contribution in [1.29, 1.82) is 0 Å². The Hall–Kier alpha value is -2.25. The van der Waals surface area contributed by atoms with Crippen LogP contribution < -0.4 is 5.32 Å². The number of amides is 1. The minimum Gasteiger partial charge on any atom is -0.450 e. The predicted octanol–water partition coefficient (Wildman–Crippen LogP) is 2.44. The lowest BCUT2D eigenvalue weighted by atomic mass is 10.2. The number of ether oxygens (including phenoxy) is 1. The number of halogens is 2. The van der Waals surface area contributed by atoms with E-state index in [2.05, 4.69) is 4.74 Å². The Morgan fingerprint density at radius 3 is 2.65 bits per heavy atom. The Morgan fingerprint density at radius 1 is 1.47 bits per heavy atom. The van der Waals surface area contributed by atoms with Crippen LogP contribution >= 0.6 is 0 Å². The number of hydrogen-bond donors (Lipinski definition) is 1. The number of hydrogen-bond acceptors (Lipinski definition) is 4. The van der Waals surface area contributed by atoms with Crippen LogP contribution in [0, 0.1) is 21.7 Å². The first-order valence-corrected chi connectivity index (χ1v) is 4.53. The van der Waals surface area contributed by atoms with Crippen molar-refractivity contribution in [2.75, 3.05) is 11.9 Å². The highest BCUT2D eigenvalue weighted by molar-refractivity contribution is 5.84. The lowest BCUT2D eigenvalue weighted by Gasteiger charge is -2.06. The van der Waals surface area contributed by atoms with E-state index in [1.165, 1.54) is 6.92 Å². The van der Waals surface area contributed by atoms with E-state index in [0.29, 0.717) is 12.1 Å². The molecule has 1 aromatic carbocycles. The molecule has 0 aromatic heterocycles. The Kier molecular flexibility index (Phi) is 3.91. The molecule has 0 atom stereocenters. The first-order chi connectivity index (χ1) is 7.95. The Balaban J connectivity index is 2.99. The molecule has 0 aliphatic rings. The second-order valence-electron chi connectivity index (χ2n) is 2.89. The van der Waals surface area contributed by atoms with Crippen molar-refractivity contribution in [2.24, 2.45) is 0 Å². The monoisotopic (exact) mass is 246 g/mol. The lowest BCUT2D eigenvalue weighted by molar-refractivity contribution is -0.387. The van der Waals surface area contributed by atoms with Gasteiger partial charge in [0.15, 0.2) is 5.82 Å². The Labute approximate surface area is 94.3 Å². The molecule has 0 saturated carbocycles. The van der Waals surface area contributed by atoms with Crippen molar-refractivity contribution in [1.82, 2.24) is 0 Å². The van der Waals surface area contributed by atoms with Gasteiger partial charge >= 0.3 is 11.8 Å². The molecule has 17 heavy (non-hydrogen) atoms.